The molecule has 6 heteroatoms. The Morgan fingerprint density at radius 3 is 2.48 bits per heavy atom. The van der Waals surface area contributed by atoms with Crippen LogP contribution in [0.5, 0.6) is 0 Å². The highest BCUT2D eigenvalue weighted by molar-refractivity contribution is 6.47. The lowest BCUT2D eigenvalue weighted by molar-refractivity contribution is -0.114. The summed E-state index contributed by atoms with van der Waals surface area (Å²) in [6, 6.07) is 1.68. The first-order chi connectivity index (χ1) is 9.73. The van der Waals surface area contributed by atoms with Gasteiger partial charge in [-0.25, -0.2) is 4.79 Å². The molecule has 0 aliphatic carbocycles. The number of methoxy groups -OCH3 is 1. The molecule has 0 spiro atoms. The monoisotopic (exact) mass is 292 g/mol. The van der Waals surface area contributed by atoms with Gasteiger partial charge in [0.15, 0.2) is 0 Å². The summed E-state index contributed by atoms with van der Waals surface area (Å²) in [6.07, 6.45) is 3.10. The molecule has 5 nitrogen and oxygen atoms in total. The van der Waals surface area contributed by atoms with E-state index in [9.17, 15) is 4.79 Å². The van der Waals surface area contributed by atoms with Gasteiger partial charge in [-0.2, -0.15) is 0 Å². The van der Waals surface area contributed by atoms with Gasteiger partial charge in [-0.15, -0.1) is 0 Å². The molecule has 0 aliphatic heterocycles. The van der Waals surface area contributed by atoms with Crippen LogP contribution in [0.2, 0.25) is 0 Å². The van der Waals surface area contributed by atoms with Crippen molar-refractivity contribution < 1.29 is 18.9 Å². The Kier molecular flexibility index (Phi) is 5.92. The van der Waals surface area contributed by atoms with Gasteiger partial charge in [0.2, 0.25) is 0 Å². The van der Waals surface area contributed by atoms with Gasteiger partial charge in [0.25, 0.3) is 0 Å². The fraction of sp³-hybridized carbons (Fsp3) is 0.600. The van der Waals surface area contributed by atoms with Crippen molar-refractivity contribution in [3.63, 3.8) is 0 Å². The van der Waals surface area contributed by atoms with Crippen LogP contribution in [-0.2, 0) is 14.1 Å². The summed E-state index contributed by atoms with van der Waals surface area (Å²) >= 11 is 0. The zero-order valence-electron chi connectivity index (χ0n) is 13.6. The molecule has 0 fully saturated rings. The molecule has 0 aromatic carbocycles. The lowest BCUT2D eigenvalue weighted by atomic mass is 9.83. The van der Waals surface area contributed by atoms with E-state index in [1.165, 1.54) is 6.20 Å². The summed E-state index contributed by atoms with van der Waals surface area (Å²) in [6.45, 7) is 9.88. The van der Waals surface area contributed by atoms with Crippen LogP contribution in [0.15, 0.2) is 18.5 Å². The third-order valence-corrected chi connectivity index (χ3v) is 3.72. The van der Waals surface area contributed by atoms with Gasteiger partial charge >= 0.3 is 13.5 Å². The van der Waals surface area contributed by atoms with Crippen molar-refractivity contribution in [1.82, 2.24) is 4.98 Å². The third-order valence-electron chi connectivity index (χ3n) is 3.72. The number of pyridine rings is 1. The highest BCUT2D eigenvalue weighted by Gasteiger charge is 2.37. The SMILES string of the molecule is CCOC(=O)c1cncc([B]OC(C)(C)C(C)(C)OC)c1. The van der Waals surface area contributed by atoms with Crippen molar-refractivity contribution >= 4 is 18.9 Å². The maximum atomic E-state index is 11.7. The molecule has 1 rings (SSSR count). The molecule has 0 saturated carbocycles. The van der Waals surface area contributed by atoms with Crippen molar-refractivity contribution in [3.05, 3.63) is 24.0 Å². The second kappa shape index (κ2) is 7.05. The first-order valence-corrected chi connectivity index (χ1v) is 6.92. The Morgan fingerprint density at radius 2 is 1.90 bits per heavy atom. The number of aromatic nitrogens is 1. The van der Waals surface area contributed by atoms with E-state index in [0.717, 1.165) is 0 Å². The van der Waals surface area contributed by atoms with E-state index in [4.69, 9.17) is 14.1 Å². The van der Waals surface area contributed by atoms with Gasteiger partial charge in [0, 0.05) is 19.5 Å². The van der Waals surface area contributed by atoms with Gasteiger partial charge < -0.3 is 14.1 Å². The smallest absolute Gasteiger partial charge is 0.339 e. The van der Waals surface area contributed by atoms with Crippen LogP contribution < -0.4 is 5.46 Å². The Hall–Kier alpha value is -1.40. The molecule has 21 heavy (non-hydrogen) atoms. The number of carbonyl (C=O) groups excluding carboxylic acids is 1. The summed E-state index contributed by atoms with van der Waals surface area (Å²) < 4.78 is 16.2. The van der Waals surface area contributed by atoms with Crippen LogP contribution in [0.25, 0.3) is 0 Å². The summed E-state index contributed by atoms with van der Waals surface area (Å²) in [5.74, 6) is -0.392. The van der Waals surface area contributed by atoms with E-state index in [1.807, 2.05) is 27.7 Å². The van der Waals surface area contributed by atoms with Gasteiger partial charge in [-0.1, -0.05) is 0 Å². The molecule has 115 valence electrons. The van der Waals surface area contributed by atoms with E-state index < -0.39 is 17.2 Å². The molecule has 1 radical (unpaired) electrons. The molecule has 1 heterocycles. The Bertz CT molecular complexity index is 488. The molecule has 0 unspecified atom stereocenters. The lowest BCUT2D eigenvalue weighted by Crippen LogP contribution is -2.50. The van der Waals surface area contributed by atoms with E-state index in [0.29, 0.717) is 17.6 Å². The standard InChI is InChI=1S/C15H23BNO4/c1-7-20-13(18)11-8-12(10-17-9-11)16-21-15(4,5)14(2,3)19-6/h8-10H,7H2,1-6H3. The molecule has 0 atom stereocenters. The van der Waals surface area contributed by atoms with Crippen molar-refractivity contribution in [3.8, 4) is 0 Å². The van der Waals surface area contributed by atoms with Crippen molar-refractivity contribution in [1.29, 1.82) is 0 Å². The fourth-order valence-corrected chi connectivity index (χ4v) is 1.45. The van der Waals surface area contributed by atoms with Gasteiger partial charge in [0.1, 0.15) is 0 Å². The molecule has 0 aliphatic rings. The summed E-state index contributed by atoms with van der Waals surface area (Å²) in [7, 11) is 3.23. The highest BCUT2D eigenvalue weighted by atomic mass is 16.5. The Morgan fingerprint density at radius 1 is 1.24 bits per heavy atom. The minimum atomic E-state index is -0.540. The van der Waals surface area contributed by atoms with Crippen LogP contribution in [0.3, 0.4) is 0 Å². The second-order valence-electron chi connectivity index (χ2n) is 5.69. The van der Waals surface area contributed by atoms with Gasteiger partial charge in [0.05, 0.1) is 23.4 Å². The summed E-state index contributed by atoms with van der Waals surface area (Å²) in [5.41, 5.74) is 0.0933. The zero-order chi connectivity index (χ0) is 16.1. The molecule has 0 amide bonds. The maximum absolute atomic E-state index is 11.7. The first-order valence-electron chi connectivity index (χ1n) is 6.92. The van der Waals surface area contributed by atoms with Gasteiger partial charge in [-0.3, -0.25) is 4.98 Å². The van der Waals surface area contributed by atoms with Crippen LogP contribution in [0.1, 0.15) is 45.0 Å². The number of ether oxygens (including phenoxy) is 2. The number of hydrogen-bond acceptors (Lipinski definition) is 5. The first kappa shape index (κ1) is 17.7. The molecule has 0 saturated heterocycles. The van der Waals surface area contributed by atoms with E-state index in [-0.39, 0.29) is 0 Å². The number of carbonyl (C=O) groups is 1. The molecule has 1 aromatic heterocycles. The maximum Gasteiger partial charge on any atom is 0.339 e. The average Bonchev–Trinajstić information content (AvgIpc) is 2.45. The average molecular weight is 292 g/mol. The molecular formula is C15H23BNO4. The van der Waals surface area contributed by atoms with E-state index >= 15 is 0 Å². The minimum absolute atomic E-state index is 0.332. The molecule has 0 N–H and O–H groups in total. The molecule has 0 bridgehead atoms. The number of nitrogens with zero attached hydrogens (tertiary/aromatic N) is 1. The summed E-state index contributed by atoms with van der Waals surface area (Å²) in [4.78, 5) is 15.7. The fourth-order valence-electron chi connectivity index (χ4n) is 1.45. The predicted octanol–water partition coefficient (Wildman–Crippen LogP) is 1.72. The van der Waals surface area contributed by atoms with E-state index in [2.05, 4.69) is 4.98 Å². The Labute approximate surface area is 127 Å². The predicted molar refractivity (Wildman–Crippen MR) is 81.8 cm³/mol. The van der Waals surface area contributed by atoms with Crippen LogP contribution >= 0.6 is 0 Å². The third kappa shape index (κ3) is 4.54. The number of esters is 1. The van der Waals surface area contributed by atoms with Crippen LogP contribution in [0, 0.1) is 0 Å². The molecular weight excluding hydrogens is 269 g/mol. The van der Waals surface area contributed by atoms with Crippen molar-refractivity contribution in [2.24, 2.45) is 0 Å². The van der Waals surface area contributed by atoms with E-state index in [1.54, 1.807) is 33.8 Å². The van der Waals surface area contributed by atoms with Crippen molar-refractivity contribution in [2.45, 2.75) is 45.8 Å². The minimum Gasteiger partial charge on any atom is -0.462 e. The molecule has 1 aromatic rings. The normalized spacial score (nSPS) is 12.1. The topological polar surface area (TPSA) is 57.7 Å². The lowest BCUT2D eigenvalue weighted by Gasteiger charge is -2.40. The van der Waals surface area contributed by atoms with Crippen molar-refractivity contribution in [2.75, 3.05) is 13.7 Å². The quantitative estimate of drug-likeness (QED) is 0.566. The van der Waals surface area contributed by atoms with Crippen LogP contribution in [0.4, 0.5) is 0 Å². The van der Waals surface area contributed by atoms with Gasteiger partial charge in [-0.05, 0) is 46.1 Å². The number of rotatable bonds is 7. The highest BCUT2D eigenvalue weighted by Crippen LogP contribution is 2.27. The number of hydrogen-bond donors (Lipinski definition) is 0. The second-order valence-corrected chi connectivity index (χ2v) is 5.69. The van der Waals surface area contributed by atoms with Crippen LogP contribution in [-0.4, -0.2) is 43.4 Å². The Balaban J connectivity index is 2.76. The largest absolute Gasteiger partial charge is 0.462 e. The summed E-state index contributed by atoms with van der Waals surface area (Å²) in [5, 5.41) is 0. The zero-order valence-corrected chi connectivity index (χ0v) is 13.6.